The van der Waals surface area contributed by atoms with Crippen molar-refractivity contribution < 1.29 is 4.74 Å². The summed E-state index contributed by atoms with van der Waals surface area (Å²) >= 11 is 0. The van der Waals surface area contributed by atoms with Gasteiger partial charge in [-0.25, -0.2) is 0 Å². The maximum Gasteiger partial charge on any atom is 0.105 e. The molecule has 2 aliphatic carbocycles. The van der Waals surface area contributed by atoms with E-state index in [1.54, 1.807) is 0 Å². The first kappa shape index (κ1) is 21.5. The lowest BCUT2D eigenvalue weighted by Gasteiger charge is -2.35. The number of nitrogens with two attached hydrogens (primary N) is 2. The minimum absolute atomic E-state index is 0.199. The molecule has 0 saturated carbocycles. The maximum absolute atomic E-state index is 6.97. The van der Waals surface area contributed by atoms with Crippen molar-refractivity contribution in [2.24, 2.45) is 11.5 Å². The number of hydrogen-bond acceptors (Lipinski definition) is 3. The van der Waals surface area contributed by atoms with Crippen molar-refractivity contribution in [1.29, 1.82) is 0 Å². The van der Waals surface area contributed by atoms with E-state index in [9.17, 15) is 0 Å². The molecule has 0 amide bonds. The van der Waals surface area contributed by atoms with Crippen LogP contribution in [-0.2, 0) is 4.74 Å². The fourth-order valence-corrected chi connectivity index (χ4v) is 4.41. The van der Waals surface area contributed by atoms with Crippen LogP contribution in [0.15, 0.2) is 108 Å². The van der Waals surface area contributed by atoms with Crippen LogP contribution in [0.1, 0.15) is 50.0 Å². The van der Waals surface area contributed by atoms with Gasteiger partial charge in [-0.3, -0.25) is 0 Å². The molecule has 3 heteroatoms. The highest BCUT2D eigenvalue weighted by Gasteiger charge is 2.32. The molecule has 4 rings (SSSR count). The lowest BCUT2D eigenvalue weighted by molar-refractivity contribution is 0.0202. The van der Waals surface area contributed by atoms with Crippen LogP contribution >= 0.6 is 0 Å². The minimum Gasteiger partial charge on any atom is -0.357 e. The van der Waals surface area contributed by atoms with Gasteiger partial charge in [-0.2, -0.15) is 0 Å². The predicted octanol–water partition coefficient (Wildman–Crippen LogP) is 5.69. The summed E-state index contributed by atoms with van der Waals surface area (Å²) in [7, 11) is 0. The van der Waals surface area contributed by atoms with Gasteiger partial charge in [0.2, 0.25) is 0 Å². The molecule has 2 aromatic carbocycles. The zero-order valence-electron chi connectivity index (χ0n) is 18.4. The van der Waals surface area contributed by atoms with Crippen molar-refractivity contribution in [3.8, 4) is 0 Å². The molecule has 2 aliphatic rings. The van der Waals surface area contributed by atoms with Crippen LogP contribution in [0.25, 0.3) is 0 Å². The molecule has 0 bridgehead atoms. The third-order valence-corrected chi connectivity index (χ3v) is 5.89. The largest absolute Gasteiger partial charge is 0.357 e. The second-order valence-electron chi connectivity index (χ2n) is 9.28. The van der Waals surface area contributed by atoms with Crippen LogP contribution in [0.4, 0.5) is 0 Å². The van der Waals surface area contributed by atoms with Gasteiger partial charge in [-0.1, -0.05) is 97.1 Å². The standard InChI is InChI=1S/C28H32N2O/c1-27(29)17-9-15-23(19-27)25(21-11-5-3-6-12-21)31-26(22-13-7-4-8-14-22)24-16-10-18-28(2,30)20-24/h3-18,25-26H,19-20,29-30H2,1-2H3. The summed E-state index contributed by atoms with van der Waals surface area (Å²) in [6.45, 7) is 4.11. The fourth-order valence-electron chi connectivity index (χ4n) is 4.41. The number of allylic oxidation sites excluding steroid dienone is 4. The van der Waals surface area contributed by atoms with Crippen LogP contribution in [-0.4, -0.2) is 11.1 Å². The van der Waals surface area contributed by atoms with Crippen LogP contribution in [0.3, 0.4) is 0 Å². The van der Waals surface area contributed by atoms with Crippen molar-refractivity contribution >= 4 is 0 Å². The minimum atomic E-state index is -0.384. The Kier molecular flexibility index (Phi) is 6.10. The van der Waals surface area contributed by atoms with Gasteiger partial charge in [0.25, 0.3) is 0 Å². The van der Waals surface area contributed by atoms with Crippen LogP contribution < -0.4 is 11.5 Å². The summed E-state index contributed by atoms with van der Waals surface area (Å²) in [4.78, 5) is 0. The Bertz CT molecular complexity index is 930. The highest BCUT2D eigenvalue weighted by atomic mass is 16.5. The molecule has 0 aliphatic heterocycles. The van der Waals surface area contributed by atoms with Crippen molar-refractivity contribution in [3.05, 3.63) is 119 Å². The highest BCUT2D eigenvalue weighted by molar-refractivity contribution is 5.37. The Hall–Kier alpha value is -2.72. The zero-order chi connectivity index (χ0) is 21.9. The van der Waals surface area contributed by atoms with Gasteiger partial charge in [0.05, 0.1) is 0 Å². The quantitative estimate of drug-likeness (QED) is 0.640. The SMILES string of the molecule is CC1(N)C=CC=C(C(OC(C2=CC=CC(C)(N)C2)c2ccccc2)c2ccccc2)C1. The number of ether oxygens (including phenoxy) is 1. The van der Waals surface area contributed by atoms with Crippen LogP contribution in [0.5, 0.6) is 0 Å². The summed E-state index contributed by atoms with van der Waals surface area (Å²) in [5, 5.41) is 0. The van der Waals surface area contributed by atoms with Crippen LogP contribution in [0.2, 0.25) is 0 Å². The Morgan fingerprint density at radius 1 is 0.677 bits per heavy atom. The predicted molar refractivity (Wildman–Crippen MR) is 128 cm³/mol. The molecule has 0 radical (unpaired) electrons. The third kappa shape index (κ3) is 5.31. The van der Waals surface area contributed by atoms with Gasteiger partial charge >= 0.3 is 0 Å². The summed E-state index contributed by atoms with van der Waals surface area (Å²) in [6.07, 6.45) is 13.6. The van der Waals surface area contributed by atoms with Gasteiger partial charge in [0.1, 0.15) is 12.2 Å². The fraction of sp³-hybridized carbons (Fsp3) is 0.286. The van der Waals surface area contributed by atoms with Crippen molar-refractivity contribution in [2.45, 2.75) is 50.0 Å². The van der Waals surface area contributed by atoms with Gasteiger partial charge in [0, 0.05) is 11.1 Å². The smallest absolute Gasteiger partial charge is 0.105 e. The van der Waals surface area contributed by atoms with Gasteiger partial charge in [-0.15, -0.1) is 0 Å². The van der Waals surface area contributed by atoms with E-state index in [0.29, 0.717) is 0 Å². The Labute approximate surface area is 185 Å². The third-order valence-electron chi connectivity index (χ3n) is 5.89. The van der Waals surface area contributed by atoms with E-state index < -0.39 is 0 Å². The molecule has 160 valence electrons. The van der Waals surface area contributed by atoms with Crippen molar-refractivity contribution in [2.75, 3.05) is 0 Å². The molecule has 0 spiro atoms. The first-order chi connectivity index (χ1) is 14.8. The second kappa shape index (κ2) is 8.80. The molecule has 3 nitrogen and oxygen atoms in total. The number of hydrogen-bond donors (Lipinski definition) is 2. The van der Waals surface area contributed by atoms with E-state index in [4.69, 9.17) is 16.2 Å². The summed E-state index contributed by atoms with van der Waals surface area (Å²) < 4.78 is 6.97. The van der Waals surface area contributed by atoms with Gasteiger partial charge < -0.3 is 16.2 Å². The van der Waals surface area contributed by atoms with E-state index in [2.05, 4.69) is 98.8 Å². The molecule has 0 saturated heterocycles. The maximum atomic E-state index is 6.97. The van der Waals surface area contributed by atoms with E-state index in [1.807, 2.05) is 12.1 Å². The average Bonchev–Trinajstić information content (AvgIpc) is 2.74. The Morgan fingerprint density at radius 3 is 1.42 bits per heavy atom. The van der Waals surface area contributed by atoms with Crippen molar-refractivity contribution in [3.63, 3.8) is 0 Å². The molecule has 31 heavy (non-hydrogen) atoms. The van der Waals surface area contributed by atoms with E-state index in [1.165, 1.54) is 11.1 Å². The number of benzene rings is 2. The van der Waals surface area contributed by atoms with Gasteiger partial charge in [0.15, 0.2) is 0 Å². The van der Waals surface area contributed by atoms with Gasteiger partial charge in [-0.05, 0) is 49.0 Å². The molecule has 4 N–H and O–H groups in total. The Balaban J connectivity index is 1.75. The molecular weight excluding hydrogens is 380 g/mol. The van der Waals surface area contributed by atoms with E-state index >= 15 is 0 Å². The topological polar surface area (TPSA) is 61.3 Å². The molecule has 0 heterocycles. The lowest BCUT2D eigenvalue weighted by Crippen LogP contribution is -2.37. The molecule has 2 aromatic rings. The number of rotatable bonds is 6. The normalized spacial score (nSPS) is 27.4. The van der Waals surface area contributed by atoms with Crippen LogP contribution in [0, 0.1) is 0 Å². The monoisotopic (exact) mass is 412 g/mol. The van der Waals surface area contributed by atoms with E-state index in [-0.39, 0.29) is 23.3 Å². The first-order valence-electron chi connectivity index (χ1n) is 10.9. The molecular formula is C28H32N2O. The highest BCUT2D eigenvalue weighted by Crippen LogP contribution is 2.41. The zero-order valence-corrected chi connectivity index (χ0v) is 18.4. The first-order valence-corrected chi connectivity index (χ1v) is 10.9. The molecule has 4 atom stereocenters. The summed E-state index contributed by atoms with van der Waals surface area (Å²) in [5.74, 6) is 0. The van der Waals surface area contributed by atoms with E-state index in [0.717, 1.165) is 24.0 Å². The average molecular weight is 413 g/mol. The molecule has 0 fully saturated rings. The molecule has 4 unspecified atom stereocenters. The Morgan fingerprint density at radius 2 is 1.06 bits per heavy atom. The second-order valence-corrected chi connectivity index (χ2v) is 9.28. The molecule has 0 aromatic heterocycles. The summed E-state index contributed by atoms with van der Waals surface area (Å²) in [6, 6.07) is 20.8. The summed E-state index contributed by atoms with van der Waals surface area (Å²) in [5.41, 5.74) is 16.8. The lowest BCUT2D eigenvalue weighted by atomic mass is 9.83. The van der Waals surface area contributed by atoms with Crippen molar-refractivity contribution in [1.82, 2.24) is 0 Å².